The highest BCUT2D eigenvalue weighted by atomic mass is 32.1. The van der Waals surface area contributed by atoms with Gasteiger partial charge in [0.25, 0.3) is 0 Å². The van der Waals surface area contributed by atoms with Gasteiger partial charge in [-0.05, 0) is 98.9 Å². The Balaban J connectivity index is 2.41. The molecule has 0 spiro atoms. The Morgan fingerprint density at radius 2 is 1.28 bits per heavy atom. The molecular weight excluding hydrogens is 322 g/mol. The number of hydrogen-bond acceptors (Lipinski definition) is 2. The lowest BCUT2D eigenvalue weighted by molar-refractivity contribution is 0.596. The summed E-state index contributed by atoms with van der Waals surface area (Å²) in [5, 5.41) is 0. The maximum Gasteiger partial charge on any atom is 0.0586 e. The molecule has 2 aromatic carbocycles. The largest absolute Gasteiger partial charge is 0.287 e. The van der Waals surface area contributed by atoms with Crippen molar-refractivity contribution in [2.45, 2.75) is 73.6 Å². The summed E-state index contributed by atoms with van der Waals surface area (Å²) < 4.78 is 2.05. The number of nitrogens with zero attached hydrogens (tertiary/aromatic N) is 1. The van der Waals surface area contributed by atoms with Crippen LogP contribution in [0.3, 0.4) is 0 Å². The van der Waals surface area contributed by atoms with E-state index >= 15 is 0 Å². The van der Waals surface area contributed by atoms with Crippen molar-refractivity contribution in [3.05, 3.63) is 57.6 Å². The Kier molecular flexibility index (Phi) is 6.62. The van der Waals surface area contributed by atoms with Crippen molar-refractivity contribution in [1.82, 2.24) is 0 Å². The molecule has 0 amide bonds. The van der Waals surface area contributed by atoms with Crippen LogP contribution < -0.4 is 4.31 Å². The van der Waals surface area contributed by atoms with Crippen LogP contribution in [-0.2, 0) is 0 Å². The first-order valence-electron chi connectivity index (χ1n) is 9.49. The van der Waals surface area contributed by atoms with Gasteiger partial charge < -0.3 is 0 Å². The maximum atomic E-state index is 4.86. The lowest BCUT2D eigenvalue weighted by Gasteiger charge is -2.26. The minimum atomic E-state index is 0.666. The molecule has 25 heavy (non-hydrogen) atoms. The van der Waals surface area contributed by atoms with Gasteiger partial charge in [0.1, 0.15) is 0 Å². The molecule has 1 nitrogen and oxygen atoms in total. The lowest BCUT2D eigenvalue weighted by Crippen LogP contribution is -2.10. The highest BCUT2D eigenvalue weighted by Crippen LogP contribution is 2.38. The van der Waals surface area contributed by atoms with Crippen LogP contribution in [0.25, 0.3) is 0 Å². The van der Waals surface area contributed by atoms with Gasteiger partial charge in [-0.25, -0.2) is 0 Å². The van der Waals surface area contributed by atoms with Crippen molar-refractivity contribution in [1.29, 1.82) is 0 Å². The van der Waals surface area contributed by atoms with Crippen LogP contribution in [0.5, 0.6) is 0 Å². The summed E-state index contributed by atoms with van der Waals surface area (Å²) in [4.78, 5) is 0. The third-order valence-electron chi connectivity index (χ3n) is 5.91. The summed E-state index contributed by atoms with van der Waals surface area (Å²) in [6.45, 7) is 15.6. The molecule has 1 atom stereocenters. The average Bonchev–Trinajstić information content (AvgIpc) is 2.63. The molecule has 0 aliphatic heterocycles. The molecule has 0 radical (unpaired) electrons. The van der Waals surface area contributed by atoms with E-state index < -0.39 is 0 Å². The normalized spacial score (nSPS) is 12.3. The van der Waals surface area contributed by atoms with Gasteiger partial charge in [-0.15, -0.1) is 0 Å². The molecule has 0 fully saturated rings. The van der Waals surface area contributed by atoms with Crippen LogP contribution >= 0.6 is 12.8 Å². The third kappa shape index (κ3) is 3.89. The molecule has 2 rings (SSSR count). The quantitative estimate of drug-likeness (QED) is 0.525. The number of benzene rings is 2. The monoisotopic (exact) mass is 355 g/mol. The van der Waals surface area contributed by atoms with Gasteiger partial charge in [0.15, 0.2) is 0 Å². The fourth-order valence-electron chi connectivity index (χ4n) is 3.77. The Labute approximate surface area is 160 Å². The Morgan fingerprint density at radius 3 is 1.72 bits per heavy atom. The highest BCUT2D eigenvalue weighted by molar-refractivity contribution is 7.82. The molecule has 0 N–H and O–H groups in total. The summed E-state index contributed by atoms with van der Waals surface area (Å²) in [6.07, 6.45) is 3.70. The van der Waals surface area contributed by atoms with E-state index in [1.54, 1.807) is 0 Å². The topological polar surface area (TPSA) is 3.24 Å². The fourth-order valence-corrected chi connectivity index (χ4v) is 4.20. The zero-order valence-corrected chi connectivity index (χ0v) is 17.8. The smallest absolute Gasteiger partial charge is 0.0586 e. The van der Waals surface area contributed by atoms with Crippen LogP contribution in [0.1, 0.15) is 72.4 Å². The molecule has 136 valence electrons. The molecule has 0 saturated carbocycles. The summed E-state index contributed by atoms with van der Waals surface area (Å²) in [6, 6.07) is 8.98. The molecule has 1 unspecified atom stereocenters. The second-order valence-corrected chi connectivity index (χ2v) is 7.67. The van der Waals surface area contributed by atoms with E-state index in [0.717, 1.165) is 5.69 Å². The molecular formula is C23H33NS. The predicted molar refractivity (Wildman–Crippen MR) is 116 cm³/mol. The molecule has 0 aromatic heterocycles. The van der Waals surface area contributed by atoms with E-state index in [0.29, 0.717) is 5.92 Å². The van der Waals surface area contributed by atoms with E-state index in [9.17, 15) is 0 Å². The third-order valence-corrected chi connectivity index (χ3v) is 6.34. The van der Waals surface area contributed by atoms with Gasteiger partial charge in [0.05, 0.1) is 11.4 Å². The van der Waals surface area contributed by atoms with Crippen LogP contribution in [0, 0.1) is 34.6 Å². The van der Waals surface area contributed by atoms with Gasteiger partial charge in [0.2, 0.25) is 0 Å². The first kappa shape index (κ1) is 19.9. The van der Waals surface area contributed by atoms with Crippen LogP contribution in [0.4, 0.5) is 11.4 Å². The molecule has 0 aliphatic carbocycles. The standard InChI is InChI=1S/C23H33NS/c1-8-10-20(9-2)21-11-13-22(14-12-21)24(25)23-18(6)16(4)15(3)17(5)19(23)7/h11-14,20,25H,8-10H2,1-7H3. The first-order chi connectivity index (χ1) is 11.8. The summed E-state index contributed by atoms with van der Waals surface area (Å²) in [7, 11) is 0. The van der Waals surface area contributed by atoms with Gasteiger partial charge in [0, 0.05) is 0 Å². The number of rotatable bonds is 6. The SMILES string of the molecule is CCCC(CC)c1ccc(N(S)c2c(C)c(C)c(C)c(C)c2C)cc1. The molecule has 0 aliphatic rings. The highest BCUT2D eigenvalue weighted by Gasteiger charge is 2.17. The van der Waals surface area contributed by atoms with E-state index in [4.69, 9.17) is 12.8 Å². The maximum absolute atomic E-state index is 4.86. The van der Waals surface area contributed by atoms with E-state index in [1.807, 2.05) is 0 Å². The summed E-state index contributed by atoms with van der Waals surface area (Å²) in [5.74, 6) is 0.666. The molecule has 0 bridgehead atoms. The fraction of sp³-hybridized carbons (Fsp3) is 0.478. The van der Waals surface area contributed by atoms with Gasteiger partial charge in [-0.1, -0.05) is 45.2 Å². The van der Waals surface area contributed by atoms with Gasteiger partial charge in [-0.3, -0.25) is 4.31 Å². The minimum Gasteiger partial charge on any atom is -0.287 e. The molecule has 2 aromatic rings. The Bertz CT molecular complexity index is 702. The van der Waals surface area contributed by atoms with E-state index in [2.05, 4.69) is 77.0 Å². The second-order valence-electron chi connectivity index (χ2n) is 7.27. The van der Waals surface area contributed by atoms with Gasteiger partial charge >= 0.3 is 0 Å². The van der Waals surface area contributed by atoms with E-state index in [-0.39, 0.29) is 0 Å². The Hall–Kier alpha value is -1.41. The summed E-state index contributed by atoms with van der Waals surface area (Å²) in [5.41, 5.74) is 10.5. The van der Waals surface area contributed by atoms with Gasteiger partial charge in [-0.2, -0.15) is 0 Å². The van der Waals surface area contributed by atoms with Crippen LogP contribution in [-0.4, -0.2) is 0 Å². The van der Waals surface area contributed by atoms with Crippen LogP contribution in [0.2, 0.25) is 0 Å². The van der Waals surface area contributed by atoms with Crippen molar-refractivity contribution in [3.63, 3.8) is 0 Å². The summed E-state index contributed by atoms with van der Waals surface area (Å²) >= 11 is 4.86. The minimum absolute atomic E-state index is 0.666. The van der Waals surface area contributed by atoms with Crippen LogP contribution in [0.15, 0.2) is 24.3 Å². The van der Waals surface area contributed by atoms with E-state index in [1.165, 1.54) is 58.3 Å². The number of thiol groups is 1. The van der Waals surface area contributed by atoms with Crippen molar-refractivity contribution < 1.29 is 0 Å². The van der Waals surface area contributed by atoms with Crippen molar-refractivity contribution in [2.24, 2.45) is 0 Å². The number of anilines is 2. The van der Waals surface area contributed by atoms with Crippen molar-refractivity contribution in [3.8, 4) is 0 Å². The second kappa shape index (κ2) is 8.31. The predicted octanol–water partition coefficient (Wildman–Crippen LogP) is 7.51. The first-order valence-corrected chi connectivity index (χ1v) is 9.89. The van der Waals surface area contributed by atoms with Crippen molar-refractivity contribution >= 4 is 24.2 Å². The Morgan fingerprint density at radius 1 is 0.800 bits per heavy atom. The number of hydrogen-bond donors (Lipinski definition) is 1. The zero-order chi connectivity index (χ0) is 18.7. The average molecular weight is 356 g/mol. The lowest BCUT2D eigenvalue weighted by atomic mass is 9.91. The molecule has 0 heterocycles. The molecule has 0 saturated heterocycles. The zero-order valence-electron chi connectivity index (χ0n) is 16.9. The molecule has 2 heteroatoms. The van der Waals surface area contributed by atoms with Crippen molar-refractivity contribution in [2.75, 3.05) is 4.31 Å².